The van der Waals surface area contributed by atoms with E-state index in [1.165, 1.54) is 0 Å². The normalized spacial score (nSPS) is 11.7. The van der Waals surface area contributed by atoms with Crippen LogP contribution in [0.5, 0.6) is 0 Å². The van der Waals surface area contributed by atoms with Crippen LogP contribution in [-0.2, 0) is 0 Å². The number of nitrogens with zero attached hydrogens (tertiary/aromatic N) is 5. The molecule has 20 heavy (non-hydrogen) atoms. The number of anilines is 2. The maximum Gasteiger partial charge on any atom is 0.225 e. The number of hydrogen-bond acceptors (Lipinski definition) is 7. The number of aromatic nitrogens is 4. The summed E-state index contributed by atoms with van der Waals surface area (Å²) in [5, 5.41) is 12.8. The molecule has 2 aromatic heterocycles. The number of rotatable bonds is 4. The summed E-state index contributed by atoms with van der Waals surface area (Å²) in [6, 6.07) is 0. The van der Waals surface area contributed by atoms with E-state index in [4.69, 9.17) is 11.6 Å². The number of fused-ring (bicyclic) bond motifs is 1. The molecule has 0 unspecified atom stereocenters. The molecular weight excluding hydrogens is 280 g/mol. The van der Waals surface area contributed by atoms with Crippen LogP contribution < -0.4 is 10.2 Å². The molecule has 2 heterocycles. The summed E-state index contributed by atoms with van der Waals surface area (Å²) in [6.07, 6.45) is 1.58. The lowest BCUT2D eigenvalue weighted by atomic mass is 10.1. The van der Waals surface area contributed by atoms with Gasteiger partial charge in [-0.1, -0.05) is 0 Å². The van der Waals surface area contributed by atoms with Crippen LogP contribution in [0.2, 0.25) is 5.28 Å². The van der Waals surface area contributed by atoms with Crippen molar-refractivity contribution in [1.82, 2.24) is 19.9 Å². The zero-order valence-electron chi connectivity index (χ0n) is 11.8. The van der Waals surface area contributed by atoms with Crippen LogP contribution in [-0.4, -0.2) is 51.3 Å². The SMILES string of the molecule is CN(C)c1nc(Cl)nc2cnc(NCC(C)(C)O)nc12. The molecule has 0 radical (unpaired) electrons. The van der Waals surface area contributed by atoms with Gasteiger partial charge in [0.1, 0.15) is 11.0 Å². The van der Waals surface area contributed by atoms with E-state index in [9.17, 15) is 5.11 Å². The molecule has 7 nitrogen and oxygen atoms in total. The third kappa shape index (κ3) is 3.43. The fraction of sp³-hybridized carbons (Fsp3) is 0.500. The third-order valence-electron chi connectivity index (χ3n) is 2.49. The second kappa shape index (κ2) is 5.34. The summed E-state index contributed by atoms with van der Waals surface area (Å²) in [5.74, 6) is 1.03. The Morgan fingerprint density at radius 1 is 1.30 bits per heavy atom. The zero-order chi connectivity index (χ0) is 14.9. The van der Waals surface area contributed by atoms with Crippen molar-refractivity contribution in [3.8, 4) is 0 Å². The summed E-state index contributed by atoms with van der Waals surface area (Å²) >= 11 is 5.88. The first kappa shape index (κ1) is 14.7. The number of aliphatic hydroxyl groups is 1. The van der Waals surface area contributed by atoms with Crippen LogP contribution in [0.3, 0.4) is 0 Å². The van der Waals surface area contributed by atoms with Crippen LogP contribution in [0, 0.1) is 0 Å². The van der Waals surface area contributed by atoms with Crippen LogP contribution in [0.1, 0.15) is 13.8 Å². The summed E-state index contributed by atoms with van der Waals surface area (Å²) in [6.45, 7) is 3.74. The maximum absolute atomic E-state index is 9.70. The van der Waals surface area contributed by atoms with Crippen LogP contribution in [0.15, 0.2) is 6.20 Å². The second-order valence-corrected chi connectivity index (χ2v) is 5.64. The van der Waals surface area contributed by atoms with Gasteiger partial charge in [-0.3, -0.25) is 0 Å². The van der Waals surface area contributed by atoms with E-state index < -0.39 is 5.60 Å². The van der Waals surface area contributed by atoms with Gasteiger partial charge >= 0.3 is 0 Å². The lowest BCUT2D eigenvalue weighted by molar-refractivity contribution is 0.0943. The molecule has 2 rings (SSSR count). The van der Waals surface area contributed by atoms with Crippen molar-refractivity contribution in [3.05, 3.63) is 11.5 Å². The standard InChI is InChI=1S/C12H17ClN6O/c1-12(2,20)6-15-11-14-5-7-8(17-11)9(19(3)4)18-10(13)16-7/h5,20H,6H2,1-4H3,(H,14,15,17). The lowest BCUT2D eigenvalue weighted by Gasteiger charge is -2.18. The van der Waals surface area contributed by atoms with Gasteiger partial charge in [0.05, 0.1) is 11.8 Å². The van der Waals surface area contributed by atoms with Crippen LogP contribution >= 0.6 is 11.6 Å². The quantitative estimate of drug-likeness (QED) is 0.823. The molecule has 0 spiro atoms. The van der Waals surface area contributed by atoms with Gasteiger partial charge in [0.25, 0.3) is 0 Å². The molecule has 0 atom stereocenters. The minimum Gasteiger partial charge on any atom is -0.389 e. The molecule has 0 amide bonds. The molecule has 2 N–H and O–H groups in total. The van der Waals surface area contributed by atoms with Crippen LogP contribution in [0.4, 0.5) is 11.8 Å². The van der Waals surface area contributed by atoms with Gasteiger partial charge in [0.15, 0.2) is 5.82 Å². The highest BCUT2D eigenvalue weighted by Crippen LogP contribution is 2.22. The van der Waals surface area contributed by atoms with E-state index in [0.717, 1.165) is 0 Å². The van der Waals surface area contributed by atoms with Gasteiger partial charge in [0, 0.05) is 20.6 Å². The molecular formula is C12H17ClN6O. The maximum atomic E-state index is 9.70. The molecule has 0 aliphatic heterocycles. The molecule has 0 saturated carbocycles. The van der Waals surface area contributed by atoms with Crippen molar-refractivity contribution in [2.45, 2.75) is 19.4 Å². The average molecular weight is 297 g/mol. The van der Waals surface area contributed by atoms with Crippen molar-refractivity contribution < 1.29 is 5.11 Å². The van der Waals surface area contributed by atoms with Gasteiger partial charge in [-0.2, -0.15) is 4.98 Å². The highest BCUT2D eigenvalue weighted by atomic mass is 35.5. The first-order chi connectivity index (χ1) is 9.26. The molecule has 108 valence electrons. The smallest absolute Gasteiger partial charge is 0.225 e. The highest BCUT2D eigenvalue weighted by molar-refractivity contribution is 6.28. The lowest BCUT2D eigenvalue weighted by Crippen LogP contribution is -2.30. The molecule has 0 aromatic carbocycles. The second-order valence-electron chi connectivity index (χ2n) is 5.30. The summed E-state index contributed by atoms with van der Waals surface area (Å²) in [4.78, 5) is 18.6. The summed E-state index contributed by atoms with van der Waals surface area (Å²) < 4.78 is 0. The Balaban J connectivity index is 2.42. The van der Waals surface area contributed by atoms with Crippen molar-refractivity contribution in [2.24, 2.45) is 0 Å². The molecule has 2 aromatic rings. The molecule has 0 aliphatic carbocycles. The summed E-state index contributed by atoms with van der Waals surface area (Å²) in [7, 11) is 3.70. The van der Waals surface area contributed by atoms with Crippen molar-refractivity contribution in [3.63, 3.8) is 0 Å². The highest BCUT2D eigenvalue weighted by Gasteiger charge is 2.15. The Morgan fingerprint density at radius 3 is 2.60 bits per heavy atom. The Kier molecular flexibility index (Phi) is 3.92. The monoisotopic (exact) mass is 296 g/mol. The Bertz CT molecular complexity index is 625. The van der Waals surface area contributed by atoms with Gasteiger partial charge in [-0.25, -0.2) is 15.0 Å². The Labute approximate surface area is 122 Å². The molecule has 0 bridgehead atoms. The van der Waals surface area contributed by atoms with Gasteiger partial charge in [-0.05, 0) is 25.4 Å². The zero-order valence-corrected chi connectivity index (χ0v) is 12.6. The predicted octanol–water partition coefficient (Wildman–Crippen LogP) is 1.32. The summed E-state index contributed by atoms with van der Waals surface area (Å²) in [5.41, 5.74) is 0.328. The number of hydrogen-bond donors (Lipinski definition) is 2. The van der Waals surface area contributed by atoms with Gasteiger partial charge in [-0.15, -0.1) is 0 Å². The fourth-order valence-electron chi connectivity index (χ4n) is 1.58. The van der Waals surface area contributed by atoms with Crippen LogP contribution in [0.25, 0.3) is 11.0 Å². The van der Waals surface area contributed by atoms with E-state index in [1.54, 1.807) is 20.0 Å². The van der Waals surface area contributed by atoms with Crippen molar-refractivity contribution >= 4 is 34.4 Å². The molecule has 8 heteroatoms. The molecule has 0 aliphatic rings. The topological polar surface area (TPSA) is 87.1 Å². The van der Waals surface area contributed by atoms with Gasteiger partial charge < -0.3 is 15.3 Å². The van der Waals surface area contributed by atoms with E-state index in [-0.39, 0.29) is 5.28 Å². The number of halogens is 1. The Hall–Kier alpha value is -1.73. The Morgan fingerprint density at radius 2 is 2.00 bits per heavy atom. The van der Waals surface area contributed by atoms with Crippen molar-refractivity contribution in [2.75, 3.05) is 30.9 Å². The first-order valence-corrected chi connectivity index (χ1v) is 6.48. The minimum atomic E-state index is -0.848. The van der Waals surface area contributed by atoms with Crippen molar-refractivity contribution in [1.29, 1.82) is 0 Å². The largest absolute Gasteiger partial charge is 0.389 e. The fourth-order valence-corrected chi connectivity index (χ4v) is 1.75. The molecule has 0 fully saturated rings. The third-order valence-corrected chi connectivity index (χ3v) is 2.66. The number of nitrogens with one attached hydrogen (secondary N) is 1. The van der Waals surface area contributed by atoms with E-state index in [0.29, 0.717) is 29.3 Å². The predicted molar refractivity (Wildman–Crippen MR) is 79.3 cm³/mol. The molecule has 0 saturated heterocycles. The van der Waals surface area contributed by atoms with Gasteiger partial charge in [0.2, 0.25) is 11.2 Å². The minimum absolute atomic E-state index is 0.155. The van der Waals surface area contributed by atoms with E-state index in [1.807, 2.05) is 19.0 Å². The van der Waals surface area contributed by atoms with E-state index >= 15 is 0 Å². The van der Waals surface area contributed by atoms with E-state index in [2.05, 4.69) is 25.3 Å². The average Bonchev–Trinajstić information content (AvgIpc) is 2.34. The first-order valence-electron chi connectivity index (χ1n) is 6.10.